The van der Waals surface area contributed by atoms with E-state index in [0.29, 0.717) is 13.1 Å². The number of urea groups is 1. The summed E-state index contributed by atoms with van der Waals surface area (Å²) in [6.45, 7) is 2.13. The smallest absolute Gasteiger partial charge is 0.330 e. The fourth-order valence-electron chi connectivity index (χ4n) is 5.42. The van der Waals surface area contributed by atoms with Gasteiger partial charge in [0.25, 0.3) is 0 Å². The van der Waals surface area contributed by atoms with Crippen molar-refractivity contribution < 1.29 is 23.9 Å². The number of hydrogen-bond donors (Lipinski definition) is 1. The minimum Gasteiger partial charge on any atom is -0.497 e. The third-order valence-electron chi connectivity index (χ3n) is 7.17. The number of ether oxygens (including phenoxy) is 2. The normalized spacial score (nSPS) is 24.1. The molecule has 34 heavy (non-hydrogen) atoms. The van der Waals surface area contributed by atoms with Crippen LogP contribution in [0.1, 0.15) is 5.56 Å². The molecule has 178 valence electrons. The van der Waals surface area contributed by atoms with E-state index < -0.39 is 29.3 Å². The fraction of sp³-hybridized carbons (Fsp3) is 0.400. The number of fused-ring (bicyclic) bond motifs is 4. The minimum atomic E-state index is -1.42. The SMILES string of the molecule is COCCN1C(=O)NC(=O)[C@@]2(Cc3ccccc3N3CCN(c4ccc(OC)cc4)C[C@@H]32)C1=O. The number of barbiturate groups is 1. The van der Waals surface area contributed by atoms with E-state index in [4.69, 9.17) is 9.47 Å². The molecule has 1 N–H and O–H groups in total. The number of benzene rings is 2. The van der Waals surface area contributed by atoms with Crippen LogP contribution in [0.3, 0.4) is 0 Å². The molecule has 2 fully saturated rings. The number of para-hydroxylation sites is 1. The number of nitrogens with zero attached hydrogens (tertiary/aromatic N) is 3. The summed E-state index contributed by atoms with van der Waals surface area (Å²) in [4.78, 5) is 45.5. The molecule has 4 amide bonds. The third-order valence-corrected chi connectivity index (χ3v) is 7.17. The molecule has 3 heterocycles. The van der Waals surface area contributed by atoms with Gasteiger partial charge in [-0.15, -0.1) is 0 Å². The Hall–Kier alpha value is -3.59. The van der Waals surface area contributed by atoms with Gasteiger partial charge in [-0.05, 0) is 42.3 Å². The highest BCUT2D eigenvalue weighted by molar-refractivity contribution is 6.20. The average molecular weight is 465 g/mol. The lowest BCUT2D eigenvalue weighted by atomic mass is 9.67. The number of imide groups is 2. The maximum absolute atomic E-state index is 13.9. The number of anilines is 2. The molecule has 0 saturated carbocycles. The van der Waals surface area contributed by atoms with Gasteiger partial charge in [0.1, 0.15) is 5.75 Å². The Balaban J connectivity index is 1.57. The van der Waals surface area contributed by atoms with Crippen LogP contribution in [0.4, 0.5) is 16.2 Å². The minimum absolute atomic E-state index is 0.0900. The Kier molecular flexibility index (Phi) is 5.65. The zero-order valence-corrected chi connectivity index (χ0v) is 19.3. The van der Waals surface area contributed by atoms with Gasteiger partial charge in [-0.2, -0.15) is 0 Å². The molecule has 0 bridgehead atoms. The molecule has 5 rings (SSSR count). The molecule has 3 aliphatic heterocycles. The Morgan fingerprint density at radius 1 is 1.03 bits per heavy atom. The lowest BCUT2D eigenvalue weighted by molar-refractivity contribution is -0.154. The quantitative estimate of drug-likeness (QED) is 0.673. The number of rotatable bonds is 5. The van der Waals surface area contributed by atoms with E-state index >= 15 is 0 Å². The number of carbonyl (C=O) groups excluding carboxylic acids is 3. The first-order valence-corrected chi connectivity index (χ1v) is 11.4. The van der Waals surface area contributed by atoms with Crippen LogP contribution < -0.4 is 19.9 Å². The summed E-state index contributed by atoms with van der Waals surface area (Å²) in [6.07, 6.45) is 0.238. The van der Waals surface area contributed by atoms with Crippen molar-refractivity contribution >= 4 is 29.2 Å². The highest BCUT2D eigenvalue weighted by atomic mass is 16.5. The van der Waals surface area contributed by atoms with E-state index in [0.717, 1.165) is 34.1 Å². The molecule has 1 spiro atoms. The summed E-state index contributed by atoms with van der Waals surface area (Å²) >= 11 is 0. The number of piperazine rings is 1. The standard InChI is InChI=1S/C25H28N4O5/c1-33-14-13-29-23(31)25(22(30)26-24(29)32)15-17-5-3-4-6-20(17)28-12-11-27(16-21(25)28)18-7-9-19(34-2)10-8-18/h3-10,21H,11-16H2,1-2H3,(H,26,30,32)/t21-,25+/m1/s1. The first-order valence-electron chi connectivity index (χ1n) is 11.4. The van der Waals surface area contributed by atoms with Crippen molar-refractivity contribution in [1.82, 2.24) is 10.2 Å². The van der Waals surface area contributed by atoms with Crippen LogP contribution in [0.2, 0.25) is 0 Å². The summed E-state index contributed by atoms with van der Waals surface area (Å²) in [5.74, 6) is -0.226. The van der Waals surface area contributed by atoms with Crippen molar-refractivity contribution in [3.05, 3.63) is 54.1 Å². The van der Waals surface area contributed by atoms with Crippen molar-refractivity contribution in [1.29, 1.82) is 0 Å². The highest BCUT2D eigenvalue weighted by Gasteiger charge is 2.62. The second-order valence-electron chi connectivity index (χ2n) is 8.84. The summed E-state index contributed by atoms with van der Waals surface area (Å²) in [5.41, 5.74) is 1.54. The molecule has 2 atom stereocenters. The molecule has 2 aromatic rings. The van der Waals surface area contributed by atoms with Crippen LogP contribution >= 0.6 is 0 Å². The van der Waals surface area contributed by atoms with Gasteiger partial charge < -0.3 is 19.3 Å². The van der Waals surface area contributed by atoms with Crippen LogP contribution in [-0.4, -0.2) is 75.8 Å². The summed E-state index contributed by atoms with van der Waals surface area (Å²) < 4.78 is 10.4. The van der Waals surface area contributed by atoms with Crippen LogP contribution in [-0.2, 0) is 20.7 Å². The molecule has 0 unspecified atom stereocenters. The van der Waals surface area contributed by atoms with Crippen molar-refractivity contribution in [2.45, 2.75) is 12.5 Å². The Morgan fingerprint density at radius 3 is 2.53 bits per heavy atom. The maximum Gasteiger partial charge on any atom is 0.330 e. The van der Waals surface area contributed by atoms with Gasteiger partial charge in [0, 0.05) is 38.1 Å². The first-order chi connectivity index (χ1) is 16.5. The van der Waals surface area contributed by atoms with Gasteiger partial charge in [-0.1, -0.05) is 18.2 Å². The molecule has 2 aromatic carbocycles. The van der Waals surface area contributed by atoms with E-state index in [9.17, 15) is 14.4 Å². The second kappa shape index (κ2) is 8.64. The molecule has 0 aromatic heterocycles. The number of nitrogens with one attached hydrogen (secondary N) is 1. The lowest BCUT2D eigenvalue weighted by Crippen LogP contribution is -2.75. The predicted octanol–water partition coefficient (Wildman–Crippen LogP) is 1.66. The van der Waals surface area contributed by atoms with Crippen LogP contribution in [0.5, 0.6) is 5.75 Å². The topological polar surface area (TPSA) is 91.4 Å². The summed E-state index contributed by atoms with van der Waals surface area (Å²) in [6, 6.07) is 14.5. The molecular formula is C25H28N4O5. The van der Waals surface area contributed by atoms with Gasteiger partial charge in [0.15, 0.2) is 5.41 Å². The summed E-state index contributed by atoms with van der Waals surface area (Å²) in [7, 11) is 3.14. The summed E-state index contributed by atoms with van der Waals surface area (Å²) in [5, 5.41) is 2.47. The maximum atomic E-state index is 13.9. The monoisotopic (exact) mass is 464 g/mol. The lowest BCUT2D eigenvalue weighted by Gasteiger charge is -2.55. The fourth-order valence-corrected chi connectivity index (χ4v) is 5.42. The number of hydrogen-bond acceptors (Lipinski definition) is 7. The number of amides is 4. The van der Waals surface area contributed by atoms with Gasteiger partial charge in [0.2, 0.25) is 11.8 Å². The van der Waals surface area contributed by atoms with Crippen molar-refractivity contribution in [2.75, 3.05) is 56.8 Å². The Bertz CT molecular complexity index is 1120. The molecular weight excluding hydrogens is 436 g/mol. The molecule has 3 aliphatic rings. The van der Waals surface area contributed by atoms with Gasteiger partial charge in [0.05, 0.1) is 26.3 Å². The van der Waals surface area contributed by atoms with Crippen molar-refractivity contribution in [3.8, 4) is 5.75 Å². The molecule has 9 heteroatoms. The van der Waals surface area contributed by atoms with E-state index in [1.807, 2.05) is 48.5 Å². The number of carbonyl (C=O) groups is 3. The van der Waals surface area contributed by atoms with Gasteiger partial charge >= 0.3 is 6.03 Å². The average Bonchev–Trinajstić information content (AvgIpc) is 2.87. The number of methoxy groups -OCH3 is 2. The van der Waals surface area contributed by atoms with Crippen LogP contribution in [0.25, 0.3) is 0 Å². The zero-order chi connectivity index (χ0) is 23.9. The van der Waals surface area contributed by atoms with Crippen LogP contribution in [0.15, 0.2) is 48.5 Å². The van der Waals surface area contributed by atoms with E-state index in [1.165, 1.54) is 7.11 Å². The Labute approximate surface area is 198 Å². The van der Waals surface area contributed by atoms with Gasteiger partial charge in [-0.25, -0.2) is 4.79 Å². The van der Waals surface area contributed by atoms with Crippen molar-refractivity contribution in [2.24, 2.45) is 5.41 Å². The third kappa shape index (κ3) is 3.38. The van der Waals surface area contributed by atoms with Gasteiger partial charge in [-0.3, -0.25) is 19.8 Å². The second-order valence-corrected chi connectivity index (χ2v) is 8.84. The van der Waals surface area contributed by atoms with E-state index in [-0.39, 0.29) is 19.6 Å². The van der Waals surface area contributed by atoms with Crippen molar-refractivity contribution in [3.63, 3.8) is 0 Å². The molecule has 0 aliphatic carbocycles. The molecule has 0 radical (unpaired) electrons. The van der Waals surface area contributed by atoms with Crippen LogP contribution in [0, 0.1) is 5.41 Å². The molecule has 2 saturated heterocycles. The Morgan fingerprint density at radius 2 is 1.79 bits per heavy atom. The first kappa shape index (κ1) is 22.2. The highest BCUT2D eigenvalue weighted by Crippen LogP contribution is 2.46. The van der Waals surface area contributed by atoms with E-state index in [1.54, 1.807) is 7.11 Å². The largest absolute Gasteiger partial charge is 0.497 e. The van der Waals surface area contributed by atoms with E-state index in [2.05, 4.69) is 15.1 Å². The zero-order valence-electron chi connectivity index (χ0n) is 19.3. The predicted molar refractivity (Wildman–Crippen MR) is 126 cm³/mol. The molecule has 9 nitrogen and oxygen atoms in total.